The Morgan fingerprint density at radius 1 is 1.06 bits per heavy atom. The lowest BCUT2D eigenvalue weighted by atomic mass is 9.38. The van der Waals surface area contributed by atoms with Crippen molar-refractivity contribution in [2.45, 2.75) is 85.9 Å². The molecule has 4 aliphatic carbocycles. The SMILES string of the molecule is CC(=O)O[C@H]1C[C@]2(C)C(=CC[C@H]2c2ccoc2)[C@@]2(C)[C@H]1[C@]1(C)C=CC(=O)C(C)(C)[C@@H]1C[C@H]2OC(C)=O. The van der Waals surface area contributed by atoms with Crippen molar-refractivity contribution in [1.82, 2.24) is 0 Å². The molecule has 5 rings (SSSR count). The van der Waals surface area contributed by atoms with Crippen molar-refractivity contribution in [3.8, 4) is 0 Å². The molecular weight excluding hydrogens is 456 g/mol. The Labute approximate surface area is 213 Å². The van der Waals surface area contributed by atoms with Gasteiger partial charge in [-0.2, -0.15) is 0 Å². The standard InChI is InChI=1S/C30H38O6/c1-17(31)35-21-15-29(6)20(19-11-13-34-16-19)8-9-22(29)30(7)25(36-18(2)32)14-23-27(3,4)24(33)10-12-28(23,5)26(21)30/h9-13,16,20-21,23,25-26H,8,14-15H2,1-7H3/t20-,21-,23-,25+,26+,28+,29-,30+/m0/s1. The average molecular weight is 495 g/mol. The van der Waals surface area contributed by atoms with Crippen LogP contribution < -0.4 is 0 Å². The van der Waals surface area contributed by atoms with Crippen LogP contribution in [0.25, 0.3) is 0 Å². The lowest BCUT2D eigenvalue weighted by molar-refractivity contribution is -0.216. The molecule has 4 aliphatic rings. The van der Waals surface area contributed by atoms with E-state index in [9.17, 15) is 14.4 Å². The molecule has 0 unspecified atom stereocenters. The molecule has 0 bridgehead atoms. The van der Waals surface area contributed by atoms with E-state index >= 15 is 0 Å². The van der Waals surface area contributed by atoms with Gasteiger partial charge in [0.25, 0.3) is 0 Å². The second-order valence-electron chi connectivity index (χ2n) is 12.7. The Kier molecular flexibility index (Phi) is 5.52. The normalized spacial score (nSPS) is 42.6. The zero-order valence-corrected chi connectivity index (χ0v) is 22.4. The Morgan fingerprint density at radius 3 is 2.36 bits per heavy atom. The second-order valence-corrected chi connectivity index (χ2v) is 12.7. The number of hydrogen-bond acceptors (Lipinski definition) is 6. The third-order valence-corrected chi connectivity index (χ3v) is 10.4. The molecule has 2 saturated carbocycles. The molecule has 194 valence electrons. The van der Waals surface area contributed by atoms with Crippen LogP contribution in [0.1, 0.15) is 79.2 Å². The molecule has 0 aliphatic heterocycles. The summed E-state index contributed by atoms with van der Waals surface area (Å²) < 4.78 is 17.8. The first-order valence-corrected chi connectivity index (χ1v) is 13.1. The Balaban J connectivity index is 1.73. The van der Waals surface area contributed by atoms with Crippen molar-refractivity contribution in [2.24, 2.45) is 33.5 Å². The lowest BCUT2D eigenvalue weighted by Gasteiger charge is -2.67. The number of rotatable bonds is 3. The molecule has 6 nitrogen and oxygen atoms in total. The largest absolute Gasteiger partial charge is 0.472 e. The van der Waals surface area contributed by atoms with Crippen LogP contribution in [0.15, 0.2) is 46.8 Å². The van der Waals surface area contributed by atoms with Gasteiger partial charge in [-0.25, -0.2) is 0 Å². The summed E-state index contributed by atoms with van der Waals surface area (Å²) in [6, 6.07) is 2.02. The van der Waals surface area contributed by atoms with Gasteiger partial charge in [-0.15, -0.1) is 0 Å². The van der Waals surface area contributed by atoms with Crippen molar-refractivity contribution in [1.29, 1.82) is 0 Å². The highest BCUT2D eigenvalue weighted by molar-refractivity contribution is 5.95. The number of ether oxygens (including phenoxy) is 2. The molecule has 6 heteroatoms. The van der Waals surface area contributed by atoms with Crippen molar-refractivity contribution < 1.29 is 28.3 Å². The van der Waals surface area contributed by atoms with Crippen molar-refractivity contribution in [2.75, 3.05) is 0 Å². The van der Waals surface area contributed by atoms with Gasteiger partial charge in [-0.05, 0) is 59.6 Å². The minimum absolute atomic E-state index is 0.0704. The molecule has 8 atom stereocenters. The molecule has 1 aromatic heterocycles. The van der Waals surface area contributed by atoms with Gasteiger partial charge in [0.2, 0.25) is 0 Å². The topological polar surface area (TPSA) is 82.8 Å². The van der Waals surface area contributed by atoms with Crippen LogP contribution in [0.3, 0.4) is 0 Å². The summed E-state index contributed by atoms with van der Waals surface area (Å²) in [7, 11) is 0. The van der Waals surface area contributed by atoms with E-state index in [1.807, 2.05) is 26.2 Å². The monoisotopic (exact) mass is 494 g/mol. The lowest BCUT2D eigenvalue weighted by Crippen LogP contribution is -2.68. The van der Waals surface area contributed by atoms with Crippen LogP contribution in [0.2, 0.25) is 0 Å². The zero-order chi connectivity index (χ0) is 26.3. The minimum Gasteiger partial charge on any atom is -0.472 e. The van der Waals surface area contributed by atoms with Gasteiger partial charge < -0.3 is 13.9 Å². The predicted octanol–water partition coefficient (Wildman–Crippen LogP) is 5.78. The average Bonchev–Trinajstić information content (AvgIpc) is 3.39. The van der Waals surface area contributed by atoms with E-state index < -0.39 is 28.5 Å². The Hall–Kier alpha value is -2.63. The van der Waals surface area contributed by atoms with E-state index in [0.717, 1.165) is 12.0 Å². The van der Waals surface area contributed by atoms with Gasteiger partial charge in [0.1, 0.15) is 12.2 Å². The second kappa shape index (κ2) is 7.93. The summed E-state index contributed by atoms with van der Waals surface area (Å²) >= 11 is 0. The number of hydrogen-bond donors (Lipinski definition) is 0. The molecule has 0 aromatic carbocycles. The number of esters is 2. The first-order chi connectivity index (χ1) is 16.8. The zero-order valence-electron chi connectivity index (χ0n) is 22.4. The molecule has 0 amide bonds. The van der Waals surface area contributed by atoms with Gasteiger partial charge in [-0.3, -0.25) is 14.4 Å². The van der Waals surface area contributed by atoms with E-state index in [1.165, 1.54) is 19.4 Å². The van der Waals surface area contributed by atoms with Crippen LogP contribution in [-0.4, -0.2) is 29.9 Å². The van der Waals surface area contributed by atoms with Gasteiger partial charge in [-0.1, -0.05) is 52.3 Å². The first-order valence-electron chi connectivity index (χ1n) is 13.1. The molecule has 0 spiro atoms. The molecule has 2 fully saturated rings. The van der Waals surface area contributed by atoms with E-state index in [2.05, 4.69) is 32.9 Å². The summed E-state index contributed by atoms with van der Waals surface area (Å²) in [5, 5.41) is 0. The number of carbonyl (C=O) groups is 3. The quantitative estimate of drug-likeness (QED) is 0.391. The number of allylic oxidation sites excluding steroid dienone is 3. The highest BCUT2D eigenvalue weighted by atomic mass is 16.6. The summed E-state index contributed by atoms with van der Waals surface area (Å²) in [6.07, 6.45) is 10.8. The maximum atomic E-state index is 13.0. The number of furan rings is 1. The van der Waals surface area contributed by atoms with E-state index in [0.29, 0.717) is 12.8 Å². The first kappa shape index (κ1) is 25.0. The molecule has 0 saturated heterocycles. The number of fused-ring (bicyclic) bond motifs is 5. The molecule has 1 heterocycles. The maximum absolute atomic E-state index is 13.0. The summed E-state index contributed by atoms with van der Waals surface area (Å²) in [5.41, 5.74) is 0.445. The number of carbonyl (C=O) groups excluding carboxylic acids is 3. The Morgan fingerprint density at radius 2 is 1.75 bits per heavy atom. The van der Waals surface area contributed by atoms with Crippen molar-refractivity contribution in [3.63, 3.8) is 0 Å². The number of ketones is 1. The summed E-state index contributed by atoms with van der Waals surface area (Å²) in [6.45, 7) is 13.6. The fourth-order valence-electron chi connectivity index (χ4n) is 9.05. The molecule has 36 heavy (non-hydrogen) atoms. The Bertz CT molecular complexity index is 1160. The molecule has 0 radical (unpaired) electrons. The van der Waals surface area contributed by atoms with Crippen molar-refractivity contribution in [3.05, 3.63) is 48.0 Å². The highest BCUT2D eigenvalue weighted by Crippen LogP contribution is 2.73. The fraction of sp³-hybridized carbons (Fsp3) is 0.633. The third-order valence-electron chi connectivity index (χ3n) is 10.4. The van der Waals surface area contributed by atoms with Crippen LogP contribution in [-0.2, 0) is 23.9 Å². The van der Waals surface area contributed by atoms with Crippen LogP contribution in [0.4, 0.5) is 0 Å². The highest BCUT2D eigenvalue weighted by Gasteiger charge is 2.71. The smallest absolute Gasteiger partial charge is 0.302 e. The van der Waals surface area contributed by atoms with Crippen LogP contribution in [0.5, 0.6) is 0 Å². The van der Waals surface area contributed by atoms with E-state index in [4.69, 9.17) is 13.9 Å². The van der Waals surface area contributed by atoms with Gasteiger partial charge in [0.05, 0.1) is 12.5 Å². The van der Waals surface area contributed by atoms with Crippen LogP contribution >= 0.6 is 0 Å². The van der Waals surface area contributed by atoms with Gasteiger partial charge >= 0.3 is 11.9 Å². The van der Waals surface area contributed by atoms with Gasteiger partial charge in [0, 0.05) is 30.6 Å². The maximum Gasteiger partial charge on any atom is 0.302 e. The molecular formula is C30H38O6. The summed E-state index contributed by atoms with van der Waals surface area (Å²) in [5.74, 6) is -0.631. The fourth-order valence-corrected chi connectivity index (χ4v) is 9.05. The van der Waals surface area contributed by atoms with Gasteiger partial charge in [0.15, 0.2) is 5.78 Å². The van der Waals surface area contributed by atoms with E-state index in [-0.39, 0.29) is 40.9 Å². The molecule has 1 aromatic rings. The van der Waals surface area contributed by atoms with E-state index in [1.54, 1.807) is 12.3 Å². The third kappa shape index (κ3) is 3.25. The van der Waals surface area contributed by atoms with Crippen molar-refractivity contribution >= 4 is 17.7 Å². The van der Waals surface area contributed by atoms with Crippen LogP contribution in [0, 0.1) is 33.5 Å². The summed E-state index contributed by atoms with van der Waals surface area (Å²) in [4.78, 5) is 38.0. The predicted molar refractivity (Wildman–Crippen MR) is 134 cm³/mol. The molecule has 0 N–H and O–H groups in total. The minimum atomic E-state index is -0.631.